The molecule has 0 radical (unpaired) electrons. The molecule has 0 bridgehead atoms. The Morgan fingerprint density at radius 3 is 2.39 bits per heavy atom. The van der Waals surface area contributed by atoms with Gasteiger partial charge in [-0.15, -0.1) is 0 Å². The van der Waals surface area contributed by atoms with Crippen molar-refractivity contribution < 1.29 is 4.79 Å². The lowest BCUT2D eigenvalue weighted by Crippen LogP contribution is -2.45. The fourth-order valence-corrected chi connectivity index (χ4v) is 2.53. The molecule has 3 nitrogen and oxygen atoms in total. The minimum Gasteiger partial charge on any atom is -0.355 e. The Kier molecular flexibility index (Phi) is 6.13. The maximum Gasteiger partial charge on any atom is 0.236 e. The Bertz CT molecular complexity index is 257. The van der Waals surface area contributed by atoms with E-state index in [0.29, 0.717) is 11.3 Å². The highest BCUT2D eigenvalue weighted by Crippen LogP contribution is 2.36. The zero-order valence-electron chi connectivity index (χ0n) is 12.5. The van der Waals surface area contributed by atoms with Crippen LogP contribution >= 0.6 is 0 Å². The van der Waals surface area contributed by atoms with Crippen molar-refractivity contribution in [3.05, 3.63) is 0 Å². The van der Waals surface area contributed by atoms with Crippen LogP contribution < -0.4 is 10.6 Å². The van der Waals surface area contributed by atoms with Gasteiger partial charge in [-0.05, 0) is 37.5 Å². The highest BCUT2D eigenvalue weighted by Gasteiger charge is 2.29. The number of rotatable bonds is 7. The molecule has 0 aromatic heterocycles. The van der Waals surface area contributed by atoms with Crippen LogP contribution in [-0.4, -0.2) is 25.0 Å². The number of nitrogens with one attached hydrogen (secondary N) is 2. The van der Waals surface area contributed by atoms with Crippen LogP contribution in [0.2, 0.25) is 0 Å². The first-order valence-electron chi connectivity index (χ1n) is 7.44. The predicted molar refractivity (Wildman–Crippen MR) is 76.5 cm³/mol. The molecule has 0 aromatic rings. The van der Waals surface area contributed by atoms with Crippen LogP contribution in [0.3, 0.4) is 0 Å². The van der Waals surface area contributed by atoms with Crippen molar-refractivity contribution in [2.45, 2.75) is 65.8 Å². The molecule has 1 atom stereocenters. The highest BCUT2D eigenvalue weighted by molar-refractivity contribution is 5.81. The molecule has 1 fully saturated rings. The monoisotopic (exact) mass is 254 g/mol. The zero-order chi connectivity index (χ0) is 13.6. The maximum absolute atomic E-state index is 11.9. The second-order valence-electron chi connectivity index (χ2n) is 6.59. The van der Waals surface area contributed by atoms with E-state index in [2.05, 4.69) is 31.4 Å². The normalized spacial score (nSPS) is 20.1. The first-order chi connectivity index (χ1) is 8.43. The summed E-state index contributed by atoms with van der Waals surface area (Å²) in [5.41, 5.74) is 0.409. The van der Waals surface area contributed by atoms with Gasteiger partial charge in [0.1, 0.15) is 0 Å². The second-order valence-corrected chi connectivity index (χ2v) is 6.59. The molecule has 1 rings (SSSR count). The van der Waals surface area contributed by atoms with Gasteiger partial charge >= 0.3 is 0 Å². The van der Waals surface area contributed by atoms with Crippen LogP contribution in [0.4, 0.5) is 0 Å². The summed E-state index contributed by atoms with van der Waals surface area (Å²) >= 11 is 0. The average Bonchev–Trinajstić information content (AvgIpc) is 2.73. The Morgan fingerprint density at radius 2 is 1.83 bits per heavy atom. The number of hydrogen-bond donors (Lipinski definition) is 2. The lowest BCUT2D eigenvalue weighted by molar-refractivity contribution is -0.122. The number of amides is 1. The van der Waals surface area contributed by atoms with E-state index in [1.54, 1.807) is 0 Å². The van der Waals surface area contributed by atoms with E-state index < -0.39 is 0 Å². The third-order valence-corrected chi connectivity index (χ3v) is 4.06. The standard InChI is InChI=1S/C15H30N2O/c1-12(2)7-10-16-14(18)13(3)17-11-15(4)8-5-6-9-15/h12-13,17H,5-11H2,1-4H3,(H,16,18). The molecule has 1 amide bonds. The lowest BCUT2D eigenvalue weighted by atomic mass is 9.88. The second kappa shape index (κ2) is 7.13. The number of carbonyl (C=O) groups excluding carboxylic acids is 1. The molecule has 0 aliphatic heterocycles. The third-order valence-electron chi connectivity index (χ3n) is 4.06. The third kappa shape index (κ3) is 5.38. The van der Waals surface area contributed by atoms with Crippen LogP contribution in [0, 0.1) is 11.3 Å². The van der Waals surface area contributed by atoms with E-state index in [1.807, 2.05) is 6.92 Å². The first kappa shape index (κ1) is 15.5. The lowest BCUT2D eigenvalue weighted by Gasteiger charge is -2.26. The van der Waals surface area contributed by atoms with Crippen molar-refractivity contribution in [1.82, 2.24) is 10.6 Å². The summed E-state index contributed by atoms with van der Waals surface area (Å²) in [7, 11) is 0. The smallest absolute Gasteiger partial charge is 0.236 e. The van der Waals surface area contributed by atoms with Crippen molar-refractivity contribution in [2.24, 2.45) is 11.3 Å². The minimum absolute atomic E-state index is 0.0745. The molecular weight excluding hydrogens is 224 g/mol. The Balaban J connectivity index is 2.19. The number of carbonyl (C=O) groups is 1. The van der Waals surface area contributed by atoms with Crippen LogP contribution in [0.25, 0.3) is 0 Å². The van der Waals surface area contributed by atoms with Crippen molar-refractivity contribution in [2.75, 3.05) is 13.1 Å². The molecule has 2 N–H and O–H groups in total. The fraction of sp³-hybridized carbons (Fsp3) is 0.933. The molecule has 1 saturated carbocycles. The van der Waals surface area contributed by atoms with E-state index in [9.17, 15) is 4.79 Å². The quantitative estimate of drug-likeness (QED) is 0.733. The SMILES string of the molecule is CC(C)CCNC(=O)C(C)NCC1(C)CCCC1. The molecular formula is C15H30N2O. The van der Waals surface area contributed by atoms with Gasteiger partial charge in [-0.25, -0.2) is 0 Å². The van der Waals surface area contributed by atoms with E-state index in [-0.39, 0.29) is 11.9 Å². The first-order valence-corrected chi connectivity index (χ1v) is 7.44. The van der Waals surface area contributed by atoms with Gasteiger partial charge in [0.15, 0.2) is 0 Å². The van der Waals surface area contributed by atoms with Gasteiger partial charge in [-0.2, -0.15) is 0 Å². The largest absolute Gasteiger partial charge is 0.355 e. The predicted octanol–water partition coefficient (Wildman–Crippen LogP) is 2.71. The van der Waals surface area contributed by atoms with Gasteiger partial charge in [0, 0.05) is 13.1 Å². The molecule has 3 heteroatoms. The molecule has 18 heavy (non-hydrogen) atoms. The number of hydrogen-bond acceptors (Lipinski definition) is 2. The molecule has 106 valence electrons. The van der Waals surface area contributed by atoms with Gasteiger partial charge in [-0.1, -0.05) is 33.6 Å². The topological polar surface area (TPSA) is 41.1 Å². The summed E-state index contributed by atoms with van der Waals surface area (Å²) in [5, 5.41) is 6.39. The van der Waals surface area contributed by atoms with E-state index in [0.717, 1.165) is 19.5 Å². The Labute approximate surface area is 112 Å². The van der Waals surface area contributed by atoms with Gasteiger partial charge in [0.05, 0.1) is 6.04 Å². The molecule has 0 aromatic carbocycles. The molecule has 0 spiro atoms. The van der Waals surface area contributed by atoms with Gasteiger partial charge in [0.2, 0.25) is 5.91 Å². The molecule has 1 aliphatic carbocycles. The van der Waals surface area contributed by atoms with Gasteiger partial charge in [-0.3, -0.25) is 4.79 Å². The molecule has 1 unspecified atom stereocenters. The van der Waals surface area contributed by atoms with Crippen LogP contribution in [0.15, 0.2) is 0 Å². The van der Waals surface area contributed by atoms with Gasteiger partial charge in [0.25, 0.3) is 0 Å². The van der Waals surface area contributed by atoms with E-state index in [1.165, 1.54) is 25.7 Å². The summed E-state index contributed by atoms with van der Waals surface area (Å²) < 4.78 is 0. The van der Waals surface area contributed by atoms with Crippen molar-refractivity contribution in [3.63, 3.8) is 0 Å². The van der Waals surface area contributed by atoms with Crippen LogP contribution in [0.1, 0.15) is 59.8 Å². The summed E-state index contributed by atoms with van der Waals surface area (Å²) in [6, 6.07) is -0.0745. The van der Waals surface area contributed by atoms with Crippen LogP contribution in [-0.2, 0) is 4.79 Å². The fourth-order valence-electron chi connectivity index (χ4n) is 2.53. The summed E-state index contributed by atoms with van der Waals surface area (Å²) in [5.74, 6) is 0.781. The average molecular weight is 254 g/mol. The molecule has 1 aliphatic rings. The van der Waals surface area contributed by atoms with Gasteiger partial charge < -0.3 is 10.6 Å². The summed E-state index contributed by atoms with van der Waals surface area (Å²) in [4.78, 5) is 11.9. The minimum atomic E-state index is -0.0745. The highest BCUT2D eigenvalue weighted by atomic mass is 16.2. The Hall–Kier alpha value is -0.570. The van der Waals surface area contributed by atoms with E-state index in [4.69, 9.17) is 0 Å². The van der Waals surface area contributed by atoms with Crippen molar-refractivity contribution in [1.29, 1.82) is 0 Å². The van der Waals surface area contributed by atoms with Crippen LogP contribution in [0.5, 0.6) is 0 Å². The Morgan fingerprint density at radius 1 is 1.22 bits per heavy atom. The summed E-state index contributed by atoms with van der Waals surface area (Å²) in [6.07, 6.45) is 6.32. The maximum atomic E-state index is 11.9. The van der Waals surface area contributed by atoms with Crippen molar-refractivity contribution in [3.8, 4) is 0 Å². The van der Waals surface area contributed by atoms with Crippen molar-refractivity contribution >= 4 is 5.91 Å². The molecule has 0 heterocycles. The molecule has 0 saturated heterocycles. The van der Waals surface area contributed by atoms with E-state index >= 15 is 0 Å². The zero-order valence-corrected chi connectivity index (χ0v) is 12.5. The summed E-state index contributed by atoms with van der Waals surface area (Å²) in [6.45, 7) is 10.4.